The van der Waals surface area contributed by atoms with Crippen molar-refractivity contribution in [3.8, 4) is 0 Å². The molecular formula is C76H146B4I3O11S2V. The van der Waals surface area contributed by atoms with E-state index in [9.17, 15) is 21.9 Å². The van der Waals surface area contributed by atoms with Gasteiger partial charge in [-0.15, -0.1) is 0 Å². The van der Waals surface area contributed by atoms with Crippen molar-refractivity contribution in [2.24, 2.45) is 29.6 Å². The number of aliphatic hydroxyl groups excluding tert-OH is 2. The number of ether oxygens (including phenoxy) is 3. The van der Waals surface area contributed by atoms with Gasteiger partial charge < -0.3 is 24.4 Å². The zero-order valence-corrected chi connectivity index (χ0v) is 75.0. The zero-order chi connectivity index (χ0) is 71.6. The molecule has 566 valence electrons. The molecule has 11 nitrogen and oxygen atoms in total. The SMILES string of the molecule is CC.CC.CC.CC.CC.CC.CC.CC.CCC1CCC2CCCCCC2O1.Cc1ccc(S(=O)(=O)OCC(O)CCC2CCCCCC2C)cc1.Cc1ccc(S(=O)(=O)OCC2CCC3CCCCCC3O2)cc1.OCC1CCC2CCCCCC2O1.[B].[B].[B].[B].[I][V]([I])[I]. The van der Waals surface area contributed by atoms with Gasteiger partial charge in [-0.2, -0.15) is 16.8 Å². The quantitative estimate of drug-likeness (QED) is 0.0852. The van der Waals surface area contributed by atoms with Crippen LogP contribution in [-0.4, -0.2) is 123 Å². The molecule has 9 rings (SSSR count). The van der Waals surface area contributed by atoms with E-state index in [0.717, 1.165) is 55.1 Å². The van der Waals surface area contributed by atoms with Crippen LogP contribution in [0.15, 0.2) is 58.3 Å². The number of benzene rings is 2. The summed E-state index contributed by atoms with van der Waals surface area (Å²) < 4.78 is 77.1. The first kappa shape index (κ1) is 114. The summed E-state index contributed by atoms with van der Waals surface area (Å²) in [6, 6.07) is 13.3. The molecule has 0 aromatic heterocycles. The van der Waals surface area contributed by atoms with E-state index in [0.29, 0.717) is 48.6 Å². The fourth-order valence-corrected chi connectivity index (χ4v) is 14.5. The van der Waals surface area contributed by atoms with Crippen molar-refractivity contribution in [2.45, 2.75) is 377 Å². The molecule has 0 spiro atoms. The predicted molar refractivity (Wildman–Crippen MR) is 446 cm³/mol. The molecule has 7 fully saturated rings. The van der Waals surface area contributed by atoms with Gasteiger partial charge in [-0.05, 0) is 164 Å². The molecule has 3 saturated heterocycles. The first-order valence-electron chi connectivity index (χ1n) is 37.9. The minimum absolute atomic E-state index is 0. The summed E-state index contributed by atoms with van der Waals surface area (Å²) >= 11 is 7.39. The normalized spacial score (nSPS) is 24.5. The summed E-state index contributed by atoms with van der Waals surface area (Å²) in [6.45, 7) is 40.5. The molecule has 0 bridgehead atoms. The van der Waals surface area contributed by atoms with Crippen molar-refractivity contribution in [3.05, 3.63) is 59.7 Å². The van der Waals surface area contributed by atoms with E-state index in [4.69, 9.17) is 27.7 Å². The van der Waals surface area contributed by atoms with E-state index in [1.165, 1.54) is 160 Å². The Morgan fingerprint density at radius 3 is 1.13 bits per heavy atom. The van der Waals surface area contributed by atoms with E-state index in [1.807, 2.05) is 125 Å². The van der Waals surface area contributed by atoms with Gasteiger partial charge >= 0.3 is 64.9 Å². The summed E-state index contributed by atoms with van der Waals surface area (Å²) in [5.41, 5.74) is 2.02. The van der Waals surface area contributed by atoms with Crippen LogP contribution in [0.2, 0.25) is 0 Å². The Hall–Kier alpha value is 1.09. The number of rotatable bonds is 13. The van der Waals surface area contributed by atoms with E-state index < -0.39 is 26.3 Å². The topological polar surface area (TPSA) is 155 Å². The second-order valence-electron chi connectivity index (χ2n) is 23.3. The van der Waals surface area contributed by atoms with Crippen LogP contribution >= 0.6 is 59.9 Å². The van der Waals surface area contributed by atoms with Gasteiger partial charge in [0.1, 0.15) is 0 Å². The molecule has 12 atom stereocenters. The molecule has 0 amide bonds. The fraction of sp³-hybridized carbons (Fsp3) is 0.842. The van der Waals surface area contributed by atoms with Crippen LogP contribution in [0, 0.1) is 43.4 Å². The van der Waals surface area contributed by atoms with Crippen molar-refractivity contribution in [1.82, 2.24) is 0 Å². The van der Waals surface area contributed by atoms with Gasteiger partial charge in [0.2, 0.25) is 0 Å². The molecule has 4 saturated carbocycles. The monoisotopic (exact) mass is 1770 g/mol. The van der Waals surface area contributed by atoms with Gasteiger partial charge in [-0.1, -0.05) is 250 Å². The van der Waals surface area contributed by atoms with E-state index in [1.54, 1.807) is 36.4 Å². The number of hydrogen-bond donors (Lipinski definition) is 2. The van der Waals surface area contributed by atoms with Crippen LogP contribution in [0.1, 0.15) is 322 Å². The molecule has 2 aromatic carbocycles. The summed E-state index contributed by atoms with van der Waals surface area (Å²) in [4.78, 5) is 0.0734. The summed E-state index contributed by atoms with van der Waals surface area (Å²) in [5, 5.41) is 19.1. The van der Waals surface area contributed by atoms with Crippen LogP contribution in [0.25, 0.3) is 0 Å². The van der Waals surface area contributed by atoms with Crippen LogP contribution in [-0.2, 0) is 47.7 Å². The van der Waals surface area contributed by atoms with E-state index >= 15 is 0 Å². The van der Waals surface area contributed by atoms with Gasteiger partial charge in [-0.25, -0.2) is 0 Å². The maximum atomic E-state index is 12.2. The number of aliphatic hydroxyl groups is 2. The molecule has 97 heavy (non-hydrogen) atoms. The average Bonchev–Trinajstić information content (AvgIpc) is 1.14. The number of halogens is 3. The van der Waals surface area contributed by atoms with Crippen molar-refractivity contribution in [1.29, 1.82) is 0 Å². The molecule has 12 unspecified atom stereocenters. The summed E-state index contributed by atoms with van der Waals surface area (Å²) in [7, 11) is -7.48. The van der Waals surface area contributed by atoms with Gasteiger partial charge in [-0.3, -0.25) is 8.37 Å². The fourth-order valence-electron chi connectivity index (χ4n) is 12.7. The number of hydrogen-bond acceptors (Lipinski definition) is 11. The van der Waals surface area contributed by atoms with Crippen molar-refractivity contribution < 1.29 is 54.5 Å². The molecule has 21 heteroatoms. The van der Waals surface area contributed by atoms with Gasteiger partial charge in [0.15, 0.2) is 0 Å². The second kappa shape index (κ2) is 75.3. The Labute approximate surface area is 648 Å². The third-order valence-corrected chi connectivity index (χ3v) is 20.1. The first-order chi connectivity index (χ1) is 45.0. The molecule has 2 aromatic rings. The van der Waals surface area contributed by atoms with Crippen LogP contribution in [0.3, 0.4) is 0 Å². The molecule has 2 N–H and O–H groups in total. The number of aryl methyl sites for hydroxylation is 2. The average molecular weight is 1780 g/mol. The molecule has 3 heterocycles. The zero-order valence-electron chi connectivity index (χ0n) is 65.5. The molecule has 4 aliphatic carbocycles. The van der Waals surface area contributed by atoms with Crippen molar-refractivity contribution >= 4 is 114 Å². The second-order valence-corrected chi connectivity index (χ2v) is 61.9. The van der Waals surface area contributed by atoms with Crippen molar-refractivity contribution in [3.63, 3.8) is 0 Å². The van der Waals surface area contributed by atoms with E-state index in [2.05, 4.69) is 73.8 Å². The molecule has 3 aliphatic heterocycles. The Balaban J connectivity index is -0.000000168. The van der Waals surface area contributed by atoms with Gasteiger partial charge in [0, 0.05) is 33.7 Å². The maximum absolute atomic E-state index is 12.2. The molecular weight excluding hydrogens is 1630 g/mol. The van der Waals surface area contributed by atoms with Crippen LogP contribution < -0.4 is 0 Å². The third kappa shape index (κ3) is 52.7. The minimum atomic E-state index is -3.79. The Kier molecular flexibility index (Phi) is 88.5. The Morgan fingerprint density at radius 1 is 0.454 bits per heavy atom. The molecule has 12 radical (unpaired) electrons. The van der Waals surface area contributed by atoms with E-state index in [-0.39, 0.29) is 80.4 Å². The standard InChI is InChI=1S/C19H30O4S.C18H26O4S.C12H22O.C11H20O2.8C2H6.4B.3HI.V/c1-15-8-12-19(13-9-15)24(21,22)23-14-18(20)11-10-17-7-5-3-4-6-16(17)2;1-14-7-11-17(12-8-14)23(19,20)21-13-16-10-9-15-5-3-2-4-6-18(15)22-16;1-2-11-9-8-10-6-4-3-5-7-12(10)13-11;12-8-10-7-6-9-4-2-1-3-5-11(9)13-10;8*1-2;;;;;;;;/h8-9,12-13,16-18,20H,3-7,10-11,14H2,1-2H3;7-8,11-12,15-16,18H,2-6,9-10,13H2,1H3;10-12H,2-9H2,1H3;9-12H,1-8H2;8*1-2H3;;;;;3*1H;/q;;;;;;;;;;;;;;;;;;;+3/p-3. The Morgan fingerprint density at radius 2 is 0.763 bits per heavy atom. The van der Waals surface area contributed by atoms with Crippen LogP contribution in [0.5, 0.6) is 0 Å². The summed E-state index contributed by atoms with van der Waals surface area (Å²) in [6.07, 6.45) is 37.4. The van der Waals surface area contributed by atoms with Gasteiger partial charge in [0.05, 0.1) is 72.3 Å². The summed E-state index contributed by atoms with van der Waals surface area (Å²) in [5.74, 6) is 3.69. The Bertz CT molecular complexity index is 2110. The predicted octanol–water partition coefficient (Wildman–Crippen LogP) is 22.9. The number of fused-ring (bicyclic) bond motifs is 3. The van der Waals surface area contributed by atoms with Crippen LogP contribution in [0.4, 0.5) is 0 Å². The first-order valence-corrected chi connectivity index (χ1v) is 54.2. The third-order valence-electron chi connectivity index (χ3n) is 17.5. The van der Waals surface area contributed by atoms with Crippen molar-refractivity contribution in [2.75, 3.05) is 19.8 Å². The van der Waals surface area contributed by atoms with Gasteiger partial charge in [0.25, 0.3) is 20.2 Å². The molecule has 7 aliphatic rings.